The van der Waals surface area contributed by atoms with Crippen molar-refractivity contribution in [2.45, 2.75) is 30.6 Å². The Balaban J connectivity index is 1.46. The predicted molar refractivity (Wildman–Crippen MR) is 107 cm³/mol. The normalized spacial score (nSPS) is 18.2. The minimum atomic E-state index is -3.43. The monoisotopic (exact) mass is 386 g/mol. The van der Waals surface area contributed by atoms with E-state index in [9.17, 15) is 8.42 Å². The van der Waals surface area contributed by atoms with E-state index in [0.29, 0.717) is 31.1 Å². The highest BCUT2D eigenvalue weighted by Crippen LogP contribution is 2.27. The zero-order valence-corrected chi connectivity index (χ0v) is 16.5. The van der Waals surface area contributed by atoms with Gasteiger partial charge in [0.05, 0.1) is 12.0 Å². The fourth-order valence-electron chi connectivity index (χ4n) is 4.00. The van der Waals surface area contributed by atoms with Crippen LogP contribution in [0.15, 0.2) is 47.4 Å². The number of nitrogens with zero attached hydrogens (tertiary/aromatic N) is 2. The fraction of sp³-hybridized carbons (Fsp3) is 0.429. The second kappa shape index (κ2) is 7.52. The van der Waals surface area contributed by atoms with Crippen molar-refractivity contribution in [2.24, 2.45) is 0 Å². The van der Waals surface area contributed by atoms with E-state index in [0.717, 1.165) is 30.7 Å². The number of aryl methyl sites for hydroxylation is 2. The second-order valence-electron chi connectivity index (χ2n) is 7.23. The van der Waals surface area contributed by atoms with Gasteiger partial charge in [0, 0.05) is 31.9 Å². The molecule has 1 saturated heterocycles. The van der Waals surface area contributed by atoms with Gasteiger partial charge in [0.15, 0.2) is 0 Å². The molecule has 0 atom stereocenters. The molecule has 0 saturated carbocycles. The smallest absolute Gasteiger partial charge is 0.243 e. The first-order valence-corrected chi connectivity index (χ1v) is 11.0. The van der Waals surface area contributed by atoms with Crippen molar-refractivity contribution < 1.29 is 13.2 Å². The summed E-state index contributed by atoms with van der Waals surface area (Å²) in [4.78, 5) is 2.67. The number of hydrogen-bond donors (Lipinski definition) is 0. The Hall–Kier alpha value is -2.05. The van der Waals surface area contributed by atoms with Gasteiger partial charge >= 0.3 is 0 Å². The Morgan fingerprint density at radius 1 is 0.852 bits per heavy atom. The summed E-state index contributed by atoms with van der Waals surface area (Å²) in [6, 6.07) is 13.6. The van der Waals surface area contributed by atoms with Gasteiger partial charge in [-0.05, 0) is 73.2 Å². The summed E-state index contributed by atoms with van der Waals surface area (Å²) < 4.78 is 33.0. The molecule has 2 aromatic carbocycles. The van der Waals surface area contributed by atoms with E-state index in [4.69, 9.17) is 4.74 Å². The van der Waals surface area contributed by atoms with Crippen LogP contribution in [0.1, 0.15) is 24.0 Å². The summed E-state index contributed by atoms with van der Waals surface area (Å²) in [7, 11) is -1.77. The molecule has 0 unspecified atom stereocenters. The molecule has 1 heterocycles. The molecule has 2 aromatic rings. The highest BCUT2D eigenvalue weighted by Gasteiger charge is 2.29. The minimum absolute atomic E-state index is 0.445. The third kappa shape index (κ3) is 3.69. The van der Waals surface area contributed by atoms with Crippen molar-refractivity contribution in [2.75, 3.05) is 38.2 Å². The van der Waals surface area contributed by atoms with Crippen LogP contribution in [-0.4, -0.2) is 46.0 Å². The topological polar surface area (TPSA) is 49.9 Å². The van der Waals surface area contributed by atoms with Gasteiger partial charge in [0.1, 0.15) is 5.75 Å². The molecule has 0 amide bonds. The zero-order chi connectivity index (χ0) is 18.9. The van der Waals surface area contributed by atoms with Crippen LogP contribution < -0.4 is 9.64 Å². The molecule has 144 valence electrons. The Morgan fingerprint density at radius 3 is 2.19 bits per heavy atom. The summed E-state index contributed by atoms with van der Waals surface area (Å²) in [6.07, 6.45) is 4.41. The van der Waals surface area contributed by atoms with Crippen LogP contribution in [-0.2, 0) is 22.9 Å². The van der Waals surface area contributed by atoms with Crippen molar-refractivity contribution in [3.8, 4) is 5.75 Å². The van der Waals surface area contributed by atoms with Crippen molar-refractivity contribution in [1.29, 1.82) is 0 Å². The average Bonchev–Trinajstić information content (AvgIpc) is 2.73. The third-order valence-electron chi connectivity index (χ3n) is 5.63. The summed E-state index contributed by atoms with van der Waals surface area (Å²) in [5.74, 6) is 0.826. The molecular formula is C21H26N2O3S. The lowest BCUT2D eigenvalue weighted by Gasteiger charge is -2.35. The first-order valence-electron chi connectivity index (χ1n) is 9.59. The number of rotatable bonds is 4. The molecule has 0 N–H and O–H groups in total. The number of hydrogen-bond acceptors (Lipinski definition) is 4. The van der Waals surface area contributed by atoms with E-state index in [-0.39, 0.29) is 0 Å². The molecule has 0 bridgehead atoms. The number of benzene rings is 2. The van der Waals surface area contributed by atoms with Gasteiger partial charge < -0.3 is 9.64 Å². The summed E-state index contributed by atoms with van der Waals surface area (Å²) in [6.45, 7) is 2.39. The molecule has 2 aliphatic rings. The molecule has 1 fully saturated rings. The lowest BCUT2D eigenvalue weighted by molar-refractivity contribution is 0.384. The van der Waals surface area contributed by atoms with Crippen molar-refractivity contribution in [3.63, 3.8) is 0 Å². The van der Waals surface area contributed by atoms with Gasteiger partial charge in [0.25, 0.3) is 0 Å². The molecule has 0 spiro atoms. The Bertz CT molecular complexity index is 902. The van der Waals surface area contributed by atoms with Crippen molar-refractivity contribution in [1.82, 2.24) is 4.31 Å². The van der Waals surface area contributed by atoms with E-state index in [2.05, 4.69) is 4.90 Å². The van der Waals surface area contributed by atoms with Crippen LogP contribution in [0.3, 0.4) is 0 Å². The lowest BCUT2D eigenvalue weighted by atomic mass is 9.92. The maximum absolute atomic E-state index is 13.1. The first-order chi connectivity index (χ1) is 13.1. The maximum atomic E-state index is 13.1. The van der Waals surface area contributed by atoms with Crippen LogP contribution in [0.25, 0.3) is 0 Å². The molecule has 0 aromatic heterocycles. The highest BCUT2D eigenvalue weighted by atomic mass is 32.2. The molecule has 4 rings (SSSR count). The van der Waals surface area contributed by atoms with Crippen LogP contribution in [0.4, 0.5) is 5.69 Å². The van der Waals surface area contributed by atoms with Gasteiger partial charge in [-0.3, -0.25) is 0 Å². The summed E-state index contributed by atoms with van der Waals surface area (Å²) >= 11 is 0. The Labute approximate surface area is 161 Å². The van der Waals surface area contributed by atoms with Gasteiger partial charge in [-0.1, -0.05) is 6.07 Å². The quantitative estimate of drug-likeness (QED) is 0.810. The van der Waals surface area contributed by atoms with Gasteiger partial charge in [-0.15, -0.1) is 0 Å². The molecule has 1 aliphatic carbocycles. The van der Waals surface area contributed by atoms with E-state index in [1.54, 1.807) is 17.5 Å². The number of piperazine rings is 1. The first kappa shape index (κ1) is 18.3. The van der Waals surface area contributed by atoms with Crippen LogP contribution in [0.5, 0.6) is 5.75 Å². The van der Waals surface area contributed by atoms with E-state index in [1.807, 2.05) is 36.4 Å². The largest absolute Gasteiger partial charge is 0.497 e. The molecule has 6 heteroatoms. The number of fused-ring (bicyclic) bond motifs is 1. The Kier molecular flexibility index (Phi) is 5.10. The number of anilines is 1. The predicted octanol–water partition coefficient (Wildman–Crippen LogP) is 3.08. The second-order valence-corrected chi connectivity index (χ2v) is 9.16. The lowest BCUT2D eigenvalue weighted by Crippen LogP contribution is -2.48. The van der Waals surface area contributed by atoms with E-state index < -0.39 is 10.0 Å². The van der Waals surface area contributed by atoms with Crippen LogP contribution in [0.2, 0.25) is 0 Å². The maximum Gasteiger partial charge on any atom is 0.243 e. The minimum Gasteiger partial charge on any atom is -0.497 e. The third-order valence-corrected chi connectivity index (χ3v) is 7.53. The van der Waals surface area contributed by atoms with Crippen molar-refractivity contribution in [3.05, 3.63) is 53.6 Å². The van der Waals surface area contributed by atoms with Crippen LogP contribution >= 0.6 is 0 Å². The van der Waals surface area contributed by atoms with Crippen LogP contribution in [0, 0.1) is 0 Å². The molecule has 5 nitrogen and oxygen atoms in total. The molecule has 0 radical (unpaired) electrons. The molecule has 27 heavy (non-hydrogen) atoms. The summed E-state index contributed by atoms with van der Waals surface area (Å²) in [5.41, 5.74) is 3.62. The molecular weight excluding hydrogens is 360 g/mol. The number of methoxy groups -OCH3 is 1. The van der Waals surface area contributed by atoms with E-state index >= 15 is 0 Å². The highest BCUT2D eigenvalue weighted by molar-refractivity contribution is 7.89. The molecule has 1 aliphatic heterocycles. The van der Waals surface area contributed by atoms with Gasteiger partial charge in [0.2, 0.25) is 10.0 Å². The van der Waals surface area contributed by atoms with E-state index in [1.165, 1.54) is 17.5 Å². The van der Waals surface area contributed by atoms with Crippen molar-refractivity contribution >= 4 is 15.7 Å². The standard InChI is InChI=1S/C21H26N2O3S/c1-26-20-9-7-19(8-10-20)22-12-14-23(15-13-22)27(24,25)21-11-6-17-4-2-3-5-18(17)16-21/h6-11,16H,2-5,12-15H2,1H3. The number of sulfonamides is 1. The fourth-order valence-corrected chi connectivity index (χ4v) is 5.47. The van der Waals surface area contributed by atoms with Gasteiger partial charge in [-0.2, -0.15) is 4.31 Å². The Morgan fingerprint density at radius 2 is 1.52 bits per heavy atom. The average molecular weight is 387 g/mol. The zero-order valence-electron chi connectivity index (χ0n) is 15.7. The summed E-state index contributed by atoms with van der Waals surface area (Å²) in [5, 5.41) is 0. The van der Waals surface area contributed by atoms with Gasteiger partial charge in [-0.25, -0.2) is 8.42 Å². The number of ether oxygens (including phenoxy) is 1. The SMILES string of the molecule is COc1ccc(N2CCN(S(=O)(=O)c3ccc4c(c3)CCCC4)CC2)cc1.